The third-order valence-electron chi connectivity index (χ3n) is 3.09. The van der Waals surface area contributed by atoms with Gasteiger partial charge in [0.15, 0.2) is 0 Å². The lowest BCUT2D eigenvalue weighted by atomic mass is 9.93. The molecule has 0 amide bonds. The van der Waals surface area contributed by atoms with Crippen LogP contribution in [0.25, 0.3) is 0 Å². The molecule has 0 heterocycles. The number of benzene rings is 1. The van der Waals surface area contributed by atoms with Crippen LogP contribution >= 0.6 is 0 Å². The van der Waals surface area contributed by atoms with Gasteiger partial charge in [-0.15, -0.1) is 0 Å². The van der Waals surface area contributed by atoms with Gasteiger partial charge in [0.05, 0.1) is 4.92 Å². The van der Waals surface area contributed by atoms with Gasteiger partial charge in [-0.05, 0) is 38.0 Å². The molecule has 0 fully saturated rings. The predicted molar refractivity (Wildman–Crippen MR) is 82.0 cm³/mol. The lowest BCUT2D eigenvalue weighted by Gasteiger charge is -2.28. The average Bonchev–Trinajstić information content (AvgIpc) is 2.33. The van der Waals surface area contributed by atoms with Gasteiger partial charge in [-0.25, -0.2) is 0 Å². The highest BCUT2D eigenvalue weighted by Crippen LogP contribution is 2.14. The SMILES string of the molecule is CN(C)CC(C)(C)CNCCc1ccc([N+](=O)[O-])cc1. The van der Waals surface area contributed by atoms with Gasteiger partial charge in [-0.1, -0.05) is 26.0 Å². The monoisotopic (exact) mass is 279 g/mol. The standard InChI is InChI=1S/C15H25N3O2/c1-15(2,12-17(3)4)11-16-10-9-13-5-7-14(8-6-13)18(19)20/h5-8,16H,9-12H2,1-4H3. The van der Waals surface area contributed by atoms with Crippen molar-refractivity contribution in [2.24, 2.45) is 5.41 Å². The maximum absolute atomic E-state index is 10.6. The van der Waals surface area contributed by atoms with Gasteiger partial charge in [-0.2, -0.15) is 0 Å². The van der Waals surface area contributed by atoms with E-state index in [4.69, 9.17) is 0 Å². The van der Waals surface area contributed by atoms with Gasteiger partial charge in [0.2, 0.25) is 0 Å². The van der Waals surface area contributed by atoms with Crippen LogP contribution in [0, 0.1) is 15.5 Å². The molecule has 0 aromatic heterocycles. The quantitative estimate of drug-likeness (QED) is 0.451. The summed E-state index contributed by atoms with van der Waals surface area (Å²) in [6.07, 6.45) is 0.885. The second-order valence-electron chi connectivity index (χ2n) is 6.25. The molecule has 1 aromatic rings. The molecule has 112 valence electrons. The van der Waals surface area contributed by atoms with Gasteiger partial charge in [-0.3, -0.25) is 10.1 Å². The molecule has 0 saturated heterocycles. The van der Waals surface area contributed by atoms with E-state index < -0.39 is 0 Å². The summed E-state index contributed by atoms with van der Waals surface area (Å²) in [5.41, 5.74) is 1.50. The summed E-state index contributed by atoms with van der Waals surface area (Å²) in [7, 11) is 4.16. The minimum atomic E-state index is -0.369. The van der Waals surface area contributed by atoms with E-state index >= 15 is 0 Å². The lowest BCUT2D eigenvalue weighted by Crippen LogP contribution is -2.38. The first-order valence-corrected chi connectivity index (χ1v) is 6.89. The summed E-state index contributed by atoms with van der Waals surface area (Å²) in [5.74, 6) is 0. The van der Waals surface area contributed by atoms with E-state index in [2.05, 4.69) is 38.2 Å². The van der Waals surface area contributed by atoms with E-state index in [1.165, 1.54) is 0 Å². The fraction of sp³-hybridized carbons (Fsp3) is 0.600. The number of hydrogen-bond donors (Lipinski definition) is 1. The molecule has 0 unspecified atom stereocenters. The maximum Gasteiger partial charge on any atom is 0.269 e. The molecule has 0 aliphatic carbocycles. The fourth-order valence-electron chi connectivity index (χ4n) is 2.36. The van der Waals surface area contributed by atoms with Gasteiger partial charge in [0.25, 0.3) is 5.69 Å². The Morgan fingerprint density at radius 3 is 2.35 bits per heavy atom. The second-order valence-corrected chi connectivity index (χ2v) is 6.25. The van der Waals surface area contributed by atoms with Crippen LogP contribution in [0.5, 0.6) is 0 Å². The molecule has 0 aliphatic heterocycles. The molecule has 20 heavy (non-hydrogen) atoms. The van der Waals surface area contributed by atoms with Crippen LogP contribution in [-0.2, 0) is 6.42 Å². The van der Waals surface area contributed by atoms with Crippen LogP contribution in [-0.4, -0.2) is 43.6 Å². The number of nitrogens with zero attached hydrogens (tertiary/aromatic N) is 2. The Kier molecular flexibility index (Phi) is 6.10. The average molecular weight is 279 g/mol. The van der Waals surface area contributed by atoms with Crippen molar-refractivity contribution in [3.63, 3.8) is 0 Å². The molecule has 0 saturated carbocycles. The Morgan fingerprint density at radius 1 is 1.25 bits per heavy atom. The van der Waals surface area contributed by atoms with E-state index in [9.17, 15) is 10.1 Å². The number of non-ortho nitro benzene ring substituents is 1. The van der Waals surface area contributed by atoms with Crippen LogP contribution < -0.4 is 5.32 Å². The smallest absolute Gasteiger partial charge is 0.269 e. The van der Waals surface area contributed by atoms with Crippen molar-refractivity contribution >= 4 is 5.69 Å². The zero-order chi connectivity index (χ0) is 15.2. The molecule has 1 N–H and O–H groups in total. The number of nitro benzene ring substituents is 1. The van der Waals surface area contributed by atoms with Crippen molar-refractivity contribution in [1.29, 1.82) is 0 Å². The molecule has 0 radical (unpaired) electrons. The topological polar surface area (TPSA) is 58.4 Å². The fourth-order valence-corrected chi connectivity index (χ4v) is 2.36. The third kappa shape index (κ3) is 6.12. The zero-order valence-electron chi connectivity index (χ0n) is 12.8. The molecule has 1 aromatic carbocycles. The highest BCUT2D eigenvalue weighted by atomic mass is 16.6. The highest BCUT2D eigenvalue weighted by Gasteiger charge is 2.17. The van der Waals surface area contributed by atoms with E-state index in [1.54, 1.807) is 12.1 Å². The summed E-state index contributed by atoms with van der Waals surface area (Å²) >= 11 is 0. The van der Waals surface area contributed by atoms with Crippen molar-refractivity contribution in [2.75, 3.05) is 33.7 Å². The summed E-state index contributed by atoms with van der Waals surface area (Å²) in [4.78, 5) is 12.4. The van der Waals surface area contributed by atoms with Crippen LogP contribution in [0.4, 0.5) is 5.69 Å². The second kappa shape index (κ2) is 7.36. The van der Waals surface area contributed by atoms with Crippen LogP contribution in [0.2, 0.25) is 0 Å². The number of nitro groups is 1. The van der Waals surface area contributed by atoms with E-state index in [0.717, 1.165) is 31.6 Å². The molecule has 5 heteroatoms. The Balaban J connectivity index is 2.32. The first kappa shape index (κ1) is 16.6. The van der Waals surface area contributed by atoms with Crippen molar-refractivity contribution in [3.8, 4) is 0 Å². The minimum Gasteiger partial charge on any atom is -0.316 e. The molecule has 0 bridgehead atoms. The van der Waals surface area contributed by atoms with Crippen molar-refractivity contribution in [2.45, 2.75) is 20.3 Å². The number of rotatable bonds is 8. The Bertz CT molecular complexity index is 427. The summed E-state index contributed by atoms with van der Waals surface area (Å²) in [6.45, 7) is 7.36. The Morgan fingerprint density at radius 2 is 1.85 bits per heavy atom. The molecule has 5 nitrogen and oxygen atoms in total. The third-order valence-corrected chi connectivity index (χ3v) is 3.09. The number of nitrogens with one attached hydrogen (secondary N) is 1. The summed E-state index contributed by atoms with van der Waals surface area (Å²) < 4.78 is 0. The van der Waals surface area contributed by atoms with Crippen LogP contribution in [0.3, 0.4) is 0 Å². The van der Waals surface area contributed by atoms with Crippen molar-refractivity contribution in [1.82, 2.24) is 10.2 Å². The normalized spacial score (nSPS) is 11.8. The van der Waals surface area contributed by atoms with Crippen LogP contribution in [0.15, 0.2) is 24.3 Å². The lowest BCUT2D eigenvalue weighted by molar-refractivity contribution is -0.384. The first-order valence-electron chi connectivity index (χ1n) is 6.89. The number of hydrogen-bond acceptors (Lipinski definition) is 4. The van der Waals surface area contributed by atoms with E-state index in [0.29, 0.717) is 0 Å². The first-order chi connectivity index (χ1) is 9.30. The summed E-state index contributed by atoms with van der Waals surface area (Å²) in [5, 5.41) is 14.0. The van der Waals surface area contributed by atoms with E-state index in [1.807, 2.05) is 12.1 Å². The zero-order valence-corrected chi connectivity index (χ0v) is 12.8. The Labute approximate surface area is 121 Å². The molecule has 1 rings (SSSR count). The van der Waals surface area contributed by atoms with Gasteiger partial charge in [0, 0.05) is 25.2 Å². The van der Waals surface area contributed by atoms with Gasteiger partial charge < -0.3 is 10.2 Å². The molecule has 0 spiro atoms. The minimum absolute atomic E-state index is 0.147. The van der Waals surface area contributed by atoms with E-state index in [-0.39, 0.29) is 16.0 Å². The van der Waals surface area contributed by atoms with Crippen LogP contribution in [0.1, 0.15) is 19.4 Å². The van der Waals surface area contributed by atoms with Gasteiger partial charge >= 0.3 is 0 Å². The molecule has 0 aliphatic rings. The van der Waals surface area contributed by atoms with Crippen molar-refractivity contribution < 1.29 is 4.92 Å². The highest BCUT2D eigenvalue weighted by molar-refractivity contribution is 5.32. The van der Waals surface area contributed by atoms with Crippen molar-refractivity contribution in [3.05, 3.63) is 39.9 Å². The molecule has 0 atom stereocenters. The summed E-state index contributed by atoms with van der Waals surface area (Å²) in [6, 6.07) is 6.77. The molecular weight excluding hydrogens is 254 g/mol. The van der Waals surface area contributed by atoms with Gasteiger partial charge in [0.1, 0.15) is 0 Å². The maximum atomic E-state index is 10.6. The largest absolute Gasteiger partial charge is 0.316 e. The predicted octanol–water partition coefficient (Wildman–Crippen LogP) is 2.31. The molecular formula is C15H25N3O2. The Hall–Kier alpha value is -1.46.